The van der Waals surface area contributed by atoms with E-state index in [1.807, 2.05) is 32.0 Å². The van der Waals surface area contributed by atoms with Crippen molar-refractivity contribution in [2.24, 2.45) is 5.73 Å². The summed E-state index contributed by atoms with van der Waals surface area (Å²) in [6.07, 6.45) is 2.85. The zero-order chi connectivity index (χ0) is 15.7. The highest BCUT2D eigenvalue weighted by molar-refractivity contribution is 5.43. The first-order valence-corrected chi connectivity index (χ1v) is 7.94. The van der Waals surface area contributed by atoms with Gasteiger partial charge in [0.25, 0.3) is 0 Å². The topological polar surface area (TPSA) is 64.7 Å². The molecule has 0 fully saturated rings. The third-order valence-electron chi connectivity index (χ3n) is 3.45. The van der Waals surface area contributed by atoms with Crippen LogP contribution in [0.1, 0.15) is 45.6 Å². The number of benzene rings is 1. The lowest BCUT2D eigenvalue weighted by molar-refractivity contribution is 0.131. The second kappa shape index (κ2) is 9.64. The maximum atomic E-state index is 10.0. The monoisotopic (exact) mass is 295 g/mol. The molecule has 21 heavy (non-hydrogen) atoms. The minimum atomic E-state index is -0.452. The van der Waals surface area contributed by atoms with Crippen LogP contribution in [-0.4, -0.2) is 30.5 Å². The summed E-state index contributed by atoms with van der Waals surface area (Å²) in [6, 6.07) is 5.81. The highest BCUT2D eigenvalue weighted by atomic mass is 16.5. The Balaban J connectivity index is 2.64. The summed E-state index contributed by atoms with van der Waals surface area (Å²) < 4.78 is 11.2. The molecule has 0 saturated heterocycles. The fraction of sp³-hybridized carbons (Fsp3) is 0.647. The Morgan fingerprint density at radius 3 is 2.33 bits per heavy atom. The van der Waals surface area contributed by atoms with Gasteiger partial charge in [-0.1, -0.05) is 19.4 Å². The van der Waals surface area contributed by atoms with Crippen molar-refractivity contribution in [2.45, 2.75) is 58.6 Å². The molecule has 0 bridgehead atoms. The fourth-order valence-corrected chi connectivity index (χ4v) is 2.31. The minimum Gasteiger partial charge on any atom is -0.490 e. The van der Waals surface area contributed by atoms with Crippen LogP contribution in [-0.2, 0) is 6.42 Å². The second-order valence-electron chi connectivity index (χ2n) is 5.21. The van der Waals surface area contributed by atoms with Crippen molar-refractivity contribution in [1.82, 2.24) is 0 Å². The first-order valence-electron chi connectivity index (χ1n) is 7.94. The van der Waals surface area contributed by atoms with Gasteiger partial charge in [-0.05, 0) is 50.8 Å². The van der Waals surface area contributed by atoms with Crippen molar-refractivity contribution in [3.05, 3.63) is 23.8 Å². The number of aliphatic hydroxyl groups is 1. The fourth-order valence-electron chi connectivity index (χ4n) is 2.31. The van der Waals surface area contributed by atoms with E-state index in [9.17, 15) is 5.11 Å². The van der Waals surface area contributed by atoms with Gasteiger partial charge >= 0.3 is 0 Å². The van der Waals surface area contributed by atoms with Gasteiger partial charge < -0.3 is 20.3 Å². The Labute approximate surface area is 128 Å². The van der Waals surface area contributed by atoms with E-state index in [0.29, 0.717) is 19.6 Å². The average molecular weight is 295 g/mol. The summed E-state index contributed by atoms with van der Waals surface area (Å²) in [5.74, 6) is 1.54. The van der Waals surface area contributed by atoms with Gasteiger partial charge in [0, 0.05) is 6.04 Å². The van der Waals surface area contributed by atoms with Crippen molar-refractivity contribution >= 4 is 0 Å². The molecule has 120 valence electrons. The zero-order valence-corrected chi connectivity index (χ0v) is 13.5. The summed E-state index contributed by atoms with van der Waals surface area (Å²) in [4.78, 5) is 0. The van der Waals surface area contributed by atoms with E-state index in [2.05, 4.69) is 6.92 Å². The van der Waals surface area contributed by atoms with Crippen LogP contribution in [0, 0.1) is 0 Å². The summed E-state index contributed by atoms with van der Waals surface area (Å²) in [5, 5.41) is 10.0. The predicted molar refractivity (Wildman–Crippen MR) is 86.0 cm³/mol. The number of hydrogen-bond donors (Lipinski definition) is 2. The van der Waals surface area contributed by atoms with Crippen molar-refractivity contribution in [1.29, 1.82) is 0 Å². The van der Waals surface area contributed by atoms with E-state index >= 15 is 0 Å². The zero-order valence-electron chi connectivity index (χ0n) is 13.5. The van der Waals surface area contributed by atoms with Gasteiger partial charge in [-0.2, -0.15) is 0 Å². The molecule has 0 heterocycles. The Bertz CT molecular complexity index is 409. The molecule has 0 spiro atoms. The third kappa shape index (κ3) is 5.94. The lowest BCUT2D eigenvalue weighted by Crippen LogP contribution is -2.34. The Morgan fingerprint density at radius 2 is 1.71 bits per heavy atom. The van der Waals surface area contributed by atoms with Gasteiger partial charge in [0.2, 0.25) is 0 Å². The van der Waals surface area contributed by atoms with Crippen LogP contribution in [0.2, 0.25) is 0 Å². The first kappa shape index (κ1) is 17.8. The molecule has 0 aliphatic carbocycles. The van der Waals surface area contributed by atoms with E-state index in [0.717, 1.165) is 36.3 Å². The molecule has 0 radical (unpaired) electrons. The number of nitrogens with two attached hydrogens (primary N) is 1. The molecule has 0 aliphatic rings. The van der Waals surface area contributed by atoms with Crippen molar-refractivity contribution in [3.63, 3.8) is 0 Å². The molecular formula is C17H29NO3. The molecule has 2 atom stereocenters. The molecule has 0 aromatic heterocycles. The predicted octanol–water partition coefficient (Wildman–Crippen LogP) is 2.90. The lowest BCUT2D eigenvalue weighted by atomic mass is 9.99. The Hall–Kier alpha value is -1.26. The smallest absolute Gasteiger partial charge is 0.161 e. The molecule has 0 saturated carbocycles. The normalized spacial score (nSPS) is 13.8. The van der Waals surface area contributed by atoms with Crippen LogP contribution >= 0.6 is 0 Å². The maximum Gasteiger partial charge on any atom is 0.161 e. The molecule has 4 heteroatoms. The molecule has 3 N–H and O–H groups in total. The minimum absolute atomic E-state index is 0.135. The standard InChI is InChI=1S/C17H29NO3/c1-4-7-14(18)15(19)10-8-13-9-11-16(20-5-2)17(12-13)21-6-3/h9,11-12,14-15,19H,4-8,10,18H2,1-3H3. The van der Waals surface area contributed by atoms with Crippen LogP contribution in [0.15, 0.2) is 18.2 Å². The molecule has 4 nitrogen and oxygen atoms in total. The van der Waals surface area contributed by atoms with Crippen molar-refractivity contribution < 1.29 is 14.6 Å². The van der Waals surface area contributed by atoms with Gasteiger partial charge in [-0.3, -0.25) is 0 Å². The van der Waals surface area contributed by atoms with E-state index in [-0.39, 0.29) is 6.04 Å². The largest absolute Gasteiger partial charge is 0.490 e. The van der Waals surface area contributed by atoms with Crippen LogP contribution < -0.4 is 15.2 Å². The van der Waals surface area contributed by atoms with E-state index in [4.69, 9.17) is 15.2 Å². The van der Waals surface area contributed by atoms with E-state index in [1.165, 1.54) is 0 Å². The van der Waals surface area contributed by atoms with Crippen LogP contribution in [0.4, 0.5) is 0 Å². The van der Waals surface area contributed by atoms with Crippen LogP contribution in [0.25, 0.3) is 0 Å². The molecule has 1 rings (SSSR count). The van der Waals surface area contributed by atoms with Gasteiger partial charge in [0.05, 0.1) is 19.3 Å². The SMILES string of the molecule is CCCC(N)C(O)CCc1ccc(OCC)c(OCC)c1. The number of aliphatic hydroxyl groups excluding tert-OH is 1. The quantitative estimate of drug-likeness (QED) is 0.696. The Morgan fingerprint density at radius 1 is 1.05 bits per heavy atom. The van der Waals surface area contributed by atoms with Crippen LogP contribution in [0.5, 0.6) is 11.5 Å². The van der Waals surface area contributed by atoms with Gasteiger partial charge in [0.15, 0.2) is 11.5 Å². The van der Waals surface area contributed by atoms with Crippen LogP contribution in [0.3, 0.4) is 0 Å². The van der Waals surface area contributed by atoms with Gasteiger partial charge in [-0.15, -0.1) is 0 Å². The highest BCUT2D eigenvalue weighted by Crippen LogP contribution is 2.29. The third-order valence-corrected chi connectivity index (χ3v) is 3.45. The molecule has 0 aliphatic heterocycles. The number of rotatable bonds is 10. The summed E-state index contributed by atoms with van der Waals surface area (Å²) in [5.41, 5.74) is 7.07. The van der Waals surface area contributed by atoms with Gasteiger partial charge in [0.1, 0.15) is 0 Å². The van der Waals surface area contributed by atoms with Crippen molar-refractivity contribution in [2.75, 3.05) is 13.2 Å². The van der Waals surface area contributed by atoms with Gasteiger partial charge in [-0.25, -0.2) is 0 Å². The number of hydrogen-bond acceptors (Lipinski definition) is 4. The summed E-state index contributed by atoms with van der Waals surface area (Å²) >= 11 is 0. The first-order chi connectivity index (χ1) is 10.1. The van der Waals surface area contributed by atoms with E-state index < -0.39 is 6.10 Å². The molecule has 1 aromatic carbocycles. The number of aryl methyl sites for hydroxylation is 1. The molecule has 0 amide bonds. The Kier molecular flexibility index (Phi) is 8.16. The lowest BCUT2D eigenvalue weighted by Gasteiger charge is -2.18. The average Bonchev–Trinajstić information content (AvgIpc) is 2.47. The molecular weight excluding hydrogens is 266 g/mol. The summed E-state index contributed by atoms with van der Waals surface area (Å²) in [7, 11) is 0. The van der Waals surface area contributed by atoms with Crippen molar-refractivity contribution in [3.8, 4) is 11.5 Å². The maximum absolute atomic E-state index is 10.0. The second-order valence-corrected chi connectivity index (χ2v) is 5.21. The highest BCUT2D eigenvalue weighted by Gasteiger charge is 2.14. The number of ether oxygens (including phenoxy) is 2. The summed E-state index contributed by atoms with van der Waals surface area (Å²) in [6.45, 7) is 7.20. The van der Waals surface area contributed by atoms with E-state index in [1.54, 1.807) is 0 Å². The molecule has 2 unspecified atom stereocenters. The molecule has 1 aromatic rings.